The van der Waals surface area contributed by atoms with Crippen LogP contribution in [0.3, 0.4) is 0 Å². The molecular formula is C15H23FN2. The van der Waals surface area contributed by atoms with Gasteiger partial charge in [0, 0.05) is 19.1 Å². The number of hydrogen-bond donors (Lipinski definition) is 1. The number of benzene rings is 1. The van der Waals surface area contributed by atoms with Crippen molar-refractivity contribution in [2.75, 3.05) is 13.1 Å². The highest BCUT2D eigenvalue weighted by Gasteiger charge is 2.24. The Bertz CT molecular complexity index is 405. The second-order valence-electron chi connectivity index (χ2n) is 5.54. The predicted molar refractivity (Wildman–Crippen MR) is 72.8 cm³/mol. The van der Waals surface area contributed by atoms with E-state index in [-0.39, 0.29) is 5.82 Å². The van der Waals surface area contributed by atoms with Crippen LogP contribution in [0.25, 0.3) is 0 Å². The number of rotatable bonds is 3. The third-order valence-corrected chi connectivity index (χ3v) is 4.06. The summed E-state index contributed by atoms with van der Waals surface area (Å²) in [7, 11) is 0. The standard InChI is InChI=1S/C15H23FN2/c1-11-3-5-13(7-15(11)16)9-18-10-14(8-17)6-4-12(18)2/h3,5,7,12,14H,4,6,8-10,17H2,1-2H3. The summed E-state index contributed by atoms with van der Waals surface area (Å²) in [6.07, 6.45) is 2.41. The molecule has 0 radical (unpaired) electrons. The molecule has 1 aromatic rings. The molecule has 1 saturated heterocycles. The minimum atomic E-state index is -0.104. The highest BCUT2D eigenvalue weighted by atomic mass is 19.1. The Kier molecular flexibility index (Phi) is 4.36. The molecule has 0 spiro atoms. The lowest BCUT2D eigenvalue weighted by Crippen LogP contribution is -2.43. The van der Waals surface area contributed by atoms with E-state index in [1.165, 1.54) is 12.8 Å². The molecule has 2 rings (SSSR count). The van der Waals surface area contributed by atoms with Gasteiger partial charge in [-0.3, -0.25) is 4.90 Å². The van der Waals surface area contributed by atoms with Gasteiger partial charge in [0.2, 0.25) is 0 Å². The summed E-state index contributed by atoms with van der Waals surface area (Å²) in [4.78, 5) is 2.42. The van der Waals surface area contributed by atoms with Crippen molar-refractivity contribution in [2.45, 2.75) is 39.3 Å². The molecule has 0 amide bonds. The molecule has 18 heavy (non-hydrogen) atoms. The number of hydrogen-bond acceptors (Lipinski definition) is 2. The van der Waals surface area contributed by atoms with E-state index in [2.05, 4.69) is 11.8 Å². The Morgan fingerprint density at radius 1 is 1.39 bits per heavy atom. The Morgan fingerprint density at radius 2 is 2.17 bits per heavy atom. The highest BCUT2D eigenvalue weighted by Crippen LogP contribution is 2.23. The average molecular weight is 250 g/mol. The summed E-state index contributed by atoms with van der Waals surface area (Å²) in [6, 6.07) is 6.11. The van der Waals surface area contributed by atoms with Crippen molar-refractivity contribution in [3.05, 3.63) is 35.1 Å². The first kappa shape index (κ1) is 13.5. The molecule has 0 aliphatic carbocycles. The van der Waals surface area contributed by atoms with Gasteiger partial charge in [-0.2, -0.15) is 0 Å². The smallest absolute Gasteiger partial charge is 0.126 e. The largest absolute Gasteiger partial charge is 0.330 e. The first-order chi connectivity index (χ1) is 8.60. The van der Waals surface area contributed by atoms with Gasteiger partial charge in [-0.15, -0.1) is 0 Å². The van der Waals surface area contributed by atoms with E-state index in [4.69, 9.17) is 5.73 Å². The lowest BCUT2D eigenvalue weighted by atomic mass is 9.93. The molecule has 2 atom stereocenters. The molecule has 1 heterocycles. The van der Waals surface area contributed by atoms with E-state index in [9.17, 15) is 4.39 Å². The predicted octanol–water partition coefficient (Wildman–Crippen LogP) is 2.69. The maximum Gasteiger partial charge on any atom is 0.126 e. The van der Waals surface area contributed by atoms with Crippen LogP contribution >= 0.6 is 0 Å². The topological polar surface area (TPSA) is 29.3 Å². The molecule has 100 valence electrons. The van der Waals surface area contributed by atoms with Gasteiger partial charge < -0.3 is 5.73 Å². The maximum atomic E-state index is 13.5. The molecule has 0 bridgehead atoms. The van der Waals surface area contributed by atoms with E-state index < -0.39 is 0 Å². The van der Waals surface area contributed by atoms with Gasteiger partial charge in [-0.25, -0.2) is 4.39 Å². The van der Waals surface area contributed by atoms with Crippen molar-refractivity contribution in [1.29, 1.82) is 0 Å². The van der Waals surface area contributed by atoms with Crippen LogP contribution in [0.4, 0.5) is 4.39 Å². The minimum Gasteiger partial charge on any atom is -0.330 e. The Labute approximate surface area is 109 Å². The van der Waals surface area contributed by atoms with Crippen LogP contribution < -0.4 is 5.73 Å². The quantitative estimate of drug-likeness (QED) is 0.893. The number of aryl methyl sites for hydroxylation is 1. The monoisotopic (exact) mass is 250 g/mol. The molecule has 1 aliphatic heterocycles. The average Bonchev–Trinajstić information content (AvgIpc) is 2.36. The zero-order valence-corrected chi connectivity index (χ0v) is 11.3. The van der Waals surface area contributed by atoms with Gasteiger partial charge in [-0.05, 0) is 56.3 Å². The molecule has 1 aromatic carbocycles. The Hall–Kier alpha value is -0.930. The number of piperidine rings is 1. The van der Waals surface area contributed by atoms with Crippen LogP contribution in [-0.2, 0) is 6.54 Å². The highest BCUT2D eigenvalue weighted by molar-refractivity contribution is 5.23. The van der Waals surface area contributed by atoms with Gasteiger partial charge in [-0.1, -0.05) is 12.1 Å². The first-order valence-electron chi connectivity index (χ1n) is 6.79. The summed E-state index contributed by atoms with van der Waals surface area (Å²) >= 11 is 0. The third kappa shape index (κ3) is 3.09. The molecule has 2 nitrogen and oxygen atoms in total. The van der Waals surface area contributed by atoms with Crippen LogP contribution in [0.2, 0.25) is 0 Å². The molecule has 2 unspecified atom stereocenters. The molecule has 2 N–H and O–H groups in total. The fourth-order valence-corrected chi connectivity index (χ4v) is 2.64. The van der Waals surface area contributed by atoms with Crippen molar-refractivity contribution in [3.63, 3.8) is 0 Å². The van der Waals surface area contributed by atoms with Crippen LogP contribution in [0, 0.1) is 18.7 Å². The number of nitrogens with two attached hydrogens (primary N) is 1. The second kappa shape index (κ2) is 5.81. The van der Waals surface area contributed by atoms with Gasteiger partial charge in [0.05, 0.1) is 0 Å². The Morgan fingerprint density at radius 3 is 2.83 bits per heavy atom. The third-order valence-electron chi connectivity index (χ3n) is 4.06. The van der Waals surface area contributed by atoms with Gasteiger partial charge in [0.25, 0.3) is 0 Å². The number of likely N-dealkylation sites (tertiary alicyclic amines) is 1. The van der Waals surface area contributed by atoms with Crippen LogP contribution in [0.15, 0.2) is 18.2 Å². The summed E-state index contributed by atoms with van der Waals surface area (Å²) in [6.45, 7) is 6.66. The van der Waals surface area contributed by atoms with Gasteiger partial charge in [0.15, 0.2) is 0 Å². The fourth-order valence-electron chi connectivity index (χ4n) is 2.64. The normalized spacial score (nSPS) is 25.3. The Balaban J connectivity index is 2.04. The summed E-state index contributed by atoms with van der Waals surface area (Å²) in [5, 5.41) is 0. The maximum absolute atomic E-state index is 13.5. The summed E-state index contributed by atoms with van der Waals surface area (Å²) < 4.78 is 13.5. The van der Waals surface area contributed by atoms with Crippen molar-refractivity contribution < 1.29 is 4.39 Å². The van der Waals surface area contributed by atoms with Crippen molar-refractivity contribution in [2.24, 2.45) is 11.7 Å². The molecular weight excluding hydrogens is 227 g/mol. The molecule has 3 heteroatoms. The first-order valence-corrected chi connectivity index (χ1v) is 6.79. The lowest BCUT2D eigenvalue weighted by molar-refractivity contribution is 0.113. The zero-order valence-electron chi connectivity index (χ0n) is 11.3. The van der Waals surface area contributed by atoms with E-state index in [0.29, 0.717) is 17.5 Å². The van der Waals surface area contributed by atoms with E-state index in [0.717, 1.165) is 25.2 Å². The van der Waals surface area contributed by atoms with Crippen LogP contribution in [-0.4, -0.2) is 24.0 Å². The number of nitrogens with zero attached hydrogens (tertiary/aromatic N) is 1. The summed E-state index contributed by atoms with van der Waals surface area (Å²) in [5.74, 6) is 0.490. The van der Waals surface area contributed by atoms with Crippen LogP contribution in [0.5, 0.6) is 0 Å². The van der Waals surface area contributed by atoms with Gasteiger partial charge >= 0.3 is 0 Å². The van der Waals surface area contributed by atoms with E-state index in [1.54, 1.807) is 13.0 Å². The fraction of sp³-hybridized carbons (Fsp3) is 0.600. The molecule has 1 aliphatic rings. The number of halogens is 1. The van der Waals surface area contributed by atoms with Crippen molar-refractivity contribution in [1.82, 2.24) is 4.90 Å². The van der Waals surface area contributed by atoms with Crippen molar-refractivity contribution in [3.8, 4) is 0 Å². The zero-order chi connectivity index (χ0) is 13.1. The van der Waals surface area contributed by atoms with Gasteiger partial charge in [0.1, 0.15) is 5.82 Å². The van der Waals surface area contributed by atoms with Crippen molar-refractivity contribution >= 4 is 0 Å². The molecule has 0 aromatic heterocycles. The van der Waals surface area contributed by atoms with E-state index in [1.807, 2.05) is 12.1 Å². The lowest BCUT2D eigenvalue weighted by Gasteiger charge is -2.37. The molecule has 1 fully saturated rings. The summed E-state index contributed by atoms with van der Waals surface area (Å²) in [5.41, 5.74) is 7.53. The van der Waals surface area contributed by atoms with Crippen LogP contribution in [0.1, 0.15) is 30.9 Å². The van der Waals surface area contributed by atoms with E-state index >= 15 is 0 Å². The second-order valence-corrected chi connectivity index (χ2v) is 5.54. The minimum absolute atomic E-state index is 0.104. The SMILES string of the molecule is Cc1ccc(CN2CC(CN)CCC2C)cc1F. The molecule has 0 saturated carbocycles.